The lowest BCUT2D eigenvalue weighted by Crippen LogP contribution is -2.41. The Morgan fingerprint density at radius 2 is 1.84 bits per heavy atom. The van der Waals surface area contributed by atoms with Crippen molar-refractivity contribution in [3.63, 3.8) is 0 Å². The first kappa shape index (κ1) is 21.6. The number of nitrogens with one attached hydrogen (secondary N) is 1. The normalized spacial score (nSPS) is 11.6. The molecule has 0 saturated heterocycles. The Labute approximate surface area is 176 Å². The molecule has 2 aromatic heterocycles. The molecule has 1 atom stereocenters. The summed E-state index contributed by atoms with van der Waals surface area (Å²) >= 11 is 0. The molecule has 0 bridgehead atoms. The molecule has 3 N–H and O–H groups in total. The number of hydrogen-bond acceptors (Lipinski definition) is 8. The summed E-state index contributed by atoms with van der Waals surface area (Å²) in [5.41, 5.74) is 2.90. The molecule has 11 heteroatoms. The Hall–Kier alpha value is -4.15. The maximum Gasteiger partial charge on any atom is 0.326 e. The predicted octanol–water partition coefficient (Wildman–Crippen LogP) is 1.10. The number of aromatic nitrogens is 4. The highest BCUT2D eigenvalue weighted by Gasteiger charge is 2.21. The fraction of sp³-hybridized carbons (Fsp3) is 0.250. The SMILES string of the molecule is CN(Cc1cnc2ncncc2n1)c1ccc(C(=O)N[C@@H](CCC(=O)O)C(=O)O)cc1. The molecule has 31 heavy (non-hydrogen) atoms. The molecule has 0 radical (unpaired) electrons. The van der Waals surface area contributed by atoms with Crippen molar-refractivity contribution in [3.05, 3.63) is 54.2 Å². The number of carbonyl (C=O) groups is 3. The third kappa shape index (κ3) is 5.69. The minimum absolute atomic E-state index is 0.199. The largest absolute Gasteiger partial charge is 0.481 e. The molecule has 1 amide bonds. The van der Waals surface area contributed by atoms with Crippen LogP contribution in [0.2, 0.25) is 0 Å². The van der Waals surface area contributed by atoms with Crippen LogP contribution in [0, 0.1) is 0 Å². The number of anilines is 1. The highest BCUT2D eigenvalue weighted by molar-refractivity contribution is 5.97. The van der Waals surface area contributed by atoms with Gasteiger partial charge in [0, 0.05) is 24.7 Å². The summed E-state index contributed by atoms with van der Waals surface area (Å²) in [4.78, 5) is 52.8. The van der Waals surface area contributed by atoms with Gasteiger partial charge in [-0.05, 0) is 30.7 Å². The van der Waals surface area contributed by atoms with Crippen molar-refractivity contribution < 1.29 is 24.6 Å². The summed E-state index contributed by atoms with van der Waals surface area (Å²) in [6.45, 7) is 0.458. The zero-order valence-corrected chi connectivity index (χ0v) is 16.6. The van der Waals surface area contributed by atoms with Gasteiger partial charge in [0.2, 0.25) is 0 Å². The van der Waals surface area contributed by atoms with Gasteiger partial charge >= 0.3 is 11.9 Å². The maximum absolute atomic E-state index is 12.3. The quantitative estimate of drug-likeness (QED) is 0.454. The van der Waals surface area contributed by atoms with Gasteiger partial charge in [0.15, 0.2) is 5.65 Å². The second-order valence-electron chi connectivity index (χ2n) is 6.79. The van der Waals surface area contributed by atoms with Gasteiger partial charge in [-0.2, -0.15) is 0 Å². The van der Waals surface area contributed by atoms with Crippen molar-refractivity contribution in [1.82, 2.24) is 25.3 Å². The van der Waals surface area contributed by atoms with Gasteiger partial charge in [-0.3, -0.25) is 9.59 Å². The summed E-state index contributed by atoms with van der Waals surface area (Å²) in [7, 11) is 1.86. The van der Waals surface area contributed by atoms with Crippen LogP contribution < -0.4 is 10.2 Å². The molecule has 0 spiro atoms. The average Bonchev–Trinajstić information content (AvgIpc) is 2.76. The van der Waals surface area contributed by atoms with Crippen LogP contribution in [0.25, 0.3) is 11.2 Å². The van der Waals surface area contributed by atoms with E-state index in [1.807, 2.05) is 11.9 Å². The number of carboxylic acid groups (broad SMARTS) is 2. The summed E-state index contributed by atoms with van der Waals surface area (Å²) < 4.78 is 0. The smallest absolute Gasteiger partial charge is 0.326 e. The minimum Gasteiger partial charge on any atom is -0.481 e. The van der Waals surface area contributed by atoms with Gasteiger partial charge in [-0.1, -0.05) is 0 Å². The van der Waals surface area contributed by atoms with E-state index in [1.54, 1.807) is 36.7 Å². The monoisotopic (exact) mass is 424 g/mol. The lowest BCUT2D eigenvalue weighted by Gasteiger charge is -2.19. The second-order valence-corrected chi connectivity index (χ2v) is 6.79. The van der Waals surface area contributed by atoms with E-state index in [4.69, 9.17) is 5.11 Å². The third-order valence-corrected chi connectivity index (χ3v) is 4.49. The molecule has 0 aliphatic heterocycles. The topological polar surface area (TPSA) is 158 Å². The number of nitrogens with zero attached hydrogens (tertiary/aromatic N) is 5. The summed E-state index contributed by atoms with van der Waals surface area (Å²) in [6.07, 6.45) is 4.08. The molecule has 0 fully saturated rings. The fourth-order valence-electron chi connectivity index (χ4n) is 2.86. The number of rotatable bonds is 9. The van der Waals surface area contributed by atoms with Gasteiger partial charge in [-0.25, -0.2) is 24.7 Å². The van der Waals surface area contributed by atoms with Crippen LogP contribution in [0.1, 0.15) is 28.9 Å². The molecule has 0 unspecified atom stereocenters. The van der Waals surface area contributed by atoms with E-state index in [0.717, 1.165) is 5.69 Å². The molecule has 1 aromatic carbocycles. The zero-order valence-electron chi connectivity index (χ0n) is 16.6. The van der Waals surface area contributed by atoms with E-state index >= 15 is 0 Å². The Morgan fingerprint density at radius 1 is 1.10 bits per heavy atom. The Balaban J connectivity index is 1.64. The van der Waals surface area contributed by atoms with Gasteiger partial charge in [0.25, 0.3) is 5.91 Å². The molecule has 2 heterocycles. The summed E-state index contributed by atoms with van der Waals surface area (Å²) in [6, 6.07) is 5.30. The maximum atomic E-state index is 12.3. The van der Waals surface area contributed by atoms with Gasteiger partial charge in [0.05, 0.1) is 24.6 Å². The van der Waals surface area contributed by atoms with Crippen LogP contribution in [0.4, 0.5) is 5.69 Å². The standard InChI is InChI=1S/C20H20N6O5/c1-26(10-13-8-22-18-16(24-13)9-21-11-23-18)14-4-2-12(3-5-14)19(29)25-15(20(30)31)6-7-17(27)28/h2-5,8-9,11,15H,6-7,10H2,1H3,(H,25,29)(H,27,28)(H,30,31)/t15-/m0/s1. The highest BCUT2D eigenvalue weighted by Crippen LogP contribution is 2.17. The number of carbonyl (C=O) groups excluding carboxylic acids is 1. The van der Waals surface area contributed by atoms with Crippen molar-refractivity contribution in [3.8, 4) is 0 Å². The van der Waals surface area contributed by atoms with E-state index in [1.165, 1.54) is 6.33 Å². The van der Waals surface area contributed by atoms with Crippen LogP contribution >= 0.6 is 0 Å². The third-order valence-electron chi connectivity index (χ3n) is 4.49. The first-order chi connectivity index (χ1) is 14.8. The summed E-state index contributed by atoms with van der Waals surface area (Å²) in [5.74, 6) is -3.00. The molecule has 3 aromatic rings. The highest BCUT2D eigenvalue weighted by atomic mass is 16.4. The molecule has 0 aliphatic rings. The average molecular weight is 424 g/mol. The molecule has 11 nitrogen and oxygen atoms in total. The molecular formula is C20H20N6O5. The predicted molar refractivity (Wildman–Crippen MR) is 109 cm³/mol. The molecular weight excluding hydrogens is 404 g/mol. The van der Waals surface area contributed by atoms with Crippen LogP contribution in [0.3, 0.4) is 0 Å². The molecule has 0 saturated carbocycles. The number of carboxylic acids is 2. The van der Waals surface area contributed by atoms with E-state index < -0.39 is 23.9 Å². The van der Waals surface area contributed by atoms with Gasteiger partial charge in [-0.15, -0.1) is 0 Å². The van der Waals surface area contributed by atoms with Gasteiger partial charge in [0.1, 0.15) is 17.9 Å². The zero-order chi connectivity index (χ0) is 22.4. The van der Waals surface area contributed by atoms with Crippen LogP contribution in [0.5, 0.6) is 0 Å². The Kier molecular flexibility index (Phi) is 6.65. The van der Waals surface area contributed by atoms with Crippen molar-refractivity contribution in [2.24, 2.45) is 0 Å². The number of benzene rings is 1. The van der Waals surface area contributed by atoms with E-state index in [9.17, 15) is 19.5 Å². The van der Waals surface area contributed by atoms with Crippen molar-refractivity contribution in [2.45, 2.75) is 25.4 Å². The number of aliphatic carboxylic acids is 2. The Morgan fingerprint density at radius 3 is 2.52 bits per heavy atom. The van der Waals surface area contributed by atoms with Crippen molar-refractivity contribution in [2.75, 3.05) is 11.9 Å². The summed E-state index contributed by atoms with van der Waals surface area (Å²) in [5, 5.41) is 20.2. The van der Waals surface area contributed by atoms with Crippen molar-refractivity contribution >= 4 is 34.7 Å². The van der Waals surface area contributed by atoms with Crippen molar-refractivity contribution in [1.29, 1.82) is 0 Å². The molecule has 0 aliphatic carbocycles. The van der Waals surface area contributed by atoms with E-state index in [2.05, 4.69) is 25.3 Å². The fourth-order valence-corrected chi connectivity index (χ4v) is 2.86. The number of fused-ring (bicyclic) bond motifs is 1. The lowest BCUT2D eigenvalue weighted by atomic mass is 10.1. The van der Waals surface area contributed by atoms with Crippen LogP contribution in [0.15, 0.2) is 43.0 Å². The minimum atomic E-state index is -1.28. The molecule has 3 rings (SSSR count). The molecule has 160 valence electrons. The van der Waals surface area contributed by atoms with Gasteiger partial charge < -0.3 is 20.4 Å². The van der Waals surface area contributed by atoms with Crippen LogP contribution in [-0.4, -0.2) is 61.1 Å². The Bertz CT molecular complexity index is 1100. The van der Waals surface area contributed by atoms with Crippen LogP contribution in [-0.2, 0) is 16.1 Å². The number of amides is 1. The first-order valence-corrected chi connectivity index (χ1v) is 9.32. The number of hydrogen-bond donors (Lipinski definition) is 3. The second kappa shape index (κ2) is 9.57. The van der Waals surface area contributed by atoms with E-state index in [0.29, 0.717) is 23.4 Å². The van der Waals surface area contributed by atoms with E-state index in [-0.39, 0.29) is 18.4 Å². The lowest BCUT2D eigenvalue weighted by molar-refractivity contribution is -0.140. The first-order valence-electron chi connectivity index (χ1n) is 9.32.